The smallest absolute Gasteiger partial charge is 0.255 e. The molecule has 0 radical (unpaired) electrons. The predicted molar refractivity (Wildman–Crippen MR) is 113 cm³/mol. The third kappa shape index (κ3) is 5.32. The van der Waals surface area contributed by atoms with Crippen LogP contribution in [-0.2, 0) is 0 Å². The number of hydrogen-bond acceptors (Lipinski definition) is 5. The van der Waals surface area contributed by atoms with Crippen molar-refractivity contribution in [3.63, 3.8) is 0 Å². The summed E-state index contributed by atoms with van der Waals surface area (Å²) in [6.07, 6.45) is 4.28. The third-order valence-electron chi connectivity index (χ3n) is 4.91. The van der Waals surface area contributed by atoms with Gasteiger partial charge in [0.25, 0.3) is 5.91 Å². The van der Waals surface area contributed by atoms with E-state index in [-0.39, 0.29) is 21.6 Å². The number of amides is 1. The fourth-order valence-corrected chi connectivity index (χ4v) is 4.16. The number of hydrogen-bond donors (Lipinski definition) is 2. The maximum atomic E-state index is 12.7. The van der Waals surface area contributed by atoms with Crippen molar-refractivity contribution in [1.82, 2.24) is 4.98 Å². The van der Waals surface area contributed by atoms with E-state index in [9.17, 15) is 9.90 Å². The van der Waals surface area contributed by atoms with Crippen LogP contribution in [0.3, 0.4) is 0 Å². The van der Waals surface area contributed by atoms with Crippen LogP contribution in [0, 0.1) is 5.41 Å². The fourth-order valence-electron chi connectivity index (χ4n) is 3.70. The molecule has 1 aromatic carbocycles. The lowest BCUT2D eigenvalue weighted by Gasteiger charge is -2.38. The second kappa shape index (κ2) is 8.78. The number of halogens is 2. The van der Waals surface area contributed by atoms with E-state index in [1.807, 2.05) is 0 Å². The molecule has 1 amide bonds. The summed E-state index contributed by atoms with van der Waals surface area (Å²) in [6, 6.07) is 4.92. The van der Waals surface area contributed by atoms with Gasteiger partial charge in [0, 0.05) is 24.4 Å². The normalized spacial score (nSPS) is 20.8. The molecule has 1 heterocycles. The number of methoxy groups -OCH3 is 1. The second-order valence-corrected chi connectivity index (χ2v) is 8.81. The van der Waals surface area contributed by atoms with E-state index < -0.39 is 12.0 Å². The molecule has 29 heavy (non-hydrogen) atoms. The molecule has 2 atom stereocenters. The van der Waals surface area contributed by atoms with Crippen molar-refractivity contribution >= 4 is 34.8 Å². The molecule has 1 fully saturated rings. The lowest BCUT2D eigenvalue weighted by molar-refractivity contribution is -0.00430. The van der Waals surface area contributed by atoms with Crippen molar-refractivity contribution in [2.75, 3.05) is 12.4 Å². The highest BCUT2D eigenvalue weighted by Gasteiger charge is 2.34. The monoisotopic (exact) mass is 438 g/mol. The largest absolute Gasteiger partial charge is 0.493 e. The molecule has 0 aliphatic heterocycles. The van der Waals surface area contributed by atoms with Crippen LogP contribution in [0.1, 0.15) is 43.5 Å². The first-order chi connectivity index (χ1) is 13.7. The summed E-state index contributed by atoms with van der Waals surface area (Å²) in [4.78, 5) is 16.6. The van der Waals surface area contributed by atoms with E-state index in [0.717, 1.165) is 12.8 Å². The fraction of sp³-hybridized carbons (Fsp3) is 0.429. The molecule has 0 bridgehead atoms. The third-order valence-corrected chi connectivity index (χ3v) is 5.49. The van der Waals surface area contributed by atoms with Gasteiger partial charge in [0.2, 0.25) is 0 Å². The number of aliphatic hydroxyl groups excluding tert-OH is 1. The summed E-state index contributed by atoms with van der Waals surface area (Å²) < 4.78 is 11.5. The van der Waals surface area contributed by atoms with Crippen molar-refractivity contribution in [2.45, 2.75) is 45.3 Å². The average molecular weight is 439 g/mol. The summed E-state index contributed by atoms with van der Waals surface area (Å²) in [7, 11) is 1.54. The molecular formula is C21H24Cl2N2O4. The number of benzene rings is 1. The zero-order valence-corrected chi connectivity index (χ0v) is 18.0. The SMILES string of the molecule is COc1ccc(C(=O)Nc2c(Cl)cncc2Cl)cc1OC1CC(O)CC(C)(C)C1. The Hall–Kier alpha value is -2.02. The van der Waals surface area contributed by atoms with Crippen molar-refractivity contribution < 1.29 is 19.4 Å². The summed E-state index contributed by atoms with van der Waals surface area (Å²) in [5.41, 5.74) is 0.628. The lowest BCUT2D eigenvalue weighted by Crippen LogP contribution is -2.37. The Morgan fingerprint density at radius 1 is 1.21 bits per heavy atom. The van der Waals surface area contributed by atoms with E-state index in [2.05, 4.69) is 24.1 Å². The molecule has 2 unspecified atom stereocenters. The van der Waals surface area contributed by atoms with E-state index >= 15 is 0 Å². The Morgan fingerprint density at radius 3 is 2.52 bits per heavy atom. The molecule has 0 spiro atoms. The van der Waals surface area contributed by atoms with Gasteiger partial charge in [0.05, 0.1) is 28.9 Å². The molecule has 1 aliphatic carbocycles. The molecule has 1 aliphatic rings. The van der Waals surface area contributed by atoms with Crippen LogP contribution >= 0.6 is 23.2 Å². The number of rotatable bonds is 5. The van der Waals surface area contributed by atoms with E-state index in [0.29, 0.717) is 29.2 Å². The zero-order chi connectivity index (χ0) is 21.2. The number of carbonyl (C=O) groups is 1. The van der Waals surface area contributed by atoms with Crippen LogP contribution < -0.4 is 14.8 Å². The van der Waals surface area contributed by atoms with Gasteiger partial charge in [-0.3, -0.25) is 9.78 Å². The first-order valence-electron chi connectivity index (χ1n) is 9.31. The highest BCUT2D eigenvalue weighted by atomic mass is 35.5. The predicted octanol–water partition coefficient (Wildman–Crippen LogP) is 4.97. The molecule has 8 heteroatoms. The van der Waals surface area contributed by atoms with E-state index in [1.54, 1.807) is 18.2 Å². The molecule has 1 saturated carbocycles. The number of nitrogens with one attached hydrogen (secondary N) is 1. The number of carbonyl (C=O) groups excluding carboxylic acids is 1. The second-order valence-electron chi connectivity index (χ2n) is 8.00. The van der Waals surface area contributed by atoms with Gasteiger partial charge in [-0.2, -0.15) is 0 Å². The van der Waals surface area contributed by atoms with Crippen molar-refractivity contribution in [3.05, 3.63) is 46.2 Å². The van der Waals surface area contributed by atoms with Gasteiger partial charge in [-0.25, -0.2) is 0 Å². The van der Waals surface area contributed by atoms with Crippen LogP contribution in [0.5, 0.6) is 11.5 Å². The number of aromatic nitrogens is 1. The van der Waals surface area contributed by atoms with Gasteiger partial charge < -0.3 is 19.9 Å². The van der Waals surface area contributed by atoms with Crippen molar-refractivity contribution in [2.24, 2.45) is 5.41 Å². The van der Waals surface area contributed by atoms with Crippen molar-refractivity contribution in [1.29, 1.82) is 0 Å². The summed E-state index contributed by atoms with van der Waals surface area (Å²) in [6.45, 7) is 4.21. The van der Waals surface area contributed by atoms with Crippen molar-refractivity contribution in [3.8, 4) is 11.5 Å². The first kappa shape index (κ1) is 21.7. The van der Waals surface area contributed by atoms with Crippen LogP contribution in [0.25, 0.3) is 0 Å². The minimum Gasteiger partial charge on any atom is -0.493 e. The van der Waals surface area contributed by atoms with Gasteiger partial charge in [0.1, 0.15) is 6.10 Å². The summed E-state index contributed by atoms with van der Waals surface area (Å²) in [5.74, 6) is 0.567. The number of anilines is 1. The zero-order valence-electron chi connectivity index (χ0n) is 16.5. The molecule has 3 rings (SSSR count). The minimum atomic E-state index is -0.419. The Labute approximate surface area is 180 Å². The van der Waals surface area contributed by atoms with Gasteiger partial charge in [-0.15, -0.1) is 0 Å². The average Bonchev–Trinajstić information content (AvgIpc) is 2.63. The molecule has 156 valence electrons. The highest BCUT2D eigenvalue weighted by Crippen LogP contribution is 2.39. The van der Waals surface area contributed by atoms with Gasteiger partial charge in [-0.1, -0.05) is 37.0 Å². The number of aliphatic hydroxyl groups is 1. The Kier molecular flexibility index (Phi) is 6.56. The molecule has 0 saturated heterocycles. The molecule has 2 aromatic rings. The summed E-state index contributed by atoms with van der Waals surface area (Å²) in [5, 5.41) is 13.4. The standard InChI is InChI=1S/C21H24Cl2N2O4/c1-21(2)8-13(26)7-14(9-21)29-18-6-12(4-5-17(18)28-3)20(27)25-19-15(22)10-24-11-16(19)23/h4-6,10-11,13-14,26H,7-9H2,1-3H3,(H,24,25,27). The van der Waals surface area contributed by atoms with Crippen LogP contribution in [0.2, 0.25) is 10.0 Å². The Morgan fingerprint density at radius 2 is 1.90 bits per heavy atom. The minimum absolute atomic E-state index is 0.0284. The lowest BCUT2D eigenvalue weighted by atomic mass is 9.75. The number of pyridine rings is 1. The number of nitrogens with zero attached hydrogens (tertiary/aromatic N) is 1. The van der Waals surface area contributed by atoms with Crippen LogP contribution in [-0.4, -0.2) is 35.3 Å². The quantitative estimate of drug-likeness (QED) is 0.688. The maximum Gasteiger partial charge on any atom is 0.255 e. The molecule has 6 nitrogen and oxygen atoms in total. The molecular weight excluding hydrogens is 415 g/mol. The highest BCUT2D eigenvalue weighted by molar-refractivity contribution is 6.39. The van der Waals surface area contributed by atoms with E-state index in [1.165, 1.54) is 19.5 Å². The van der Waals surface area contributed by atoms with Gasteiger partial charge in [-0.05, 0) is 36.5 Å². The van der Waals surface area contributed by atoms with Gasteiger partial charge >= 0.3 is 0 Å². The topological polar surface area (TPSA) is 80.7 Å². The number of ether oxygens (including phenoxy) is 2. The van der Waals surface area contributed by atoms with Gasteiger partial charge in [0.15, 0.2) is 11.5 Å². The van der Waals surface area contributed by atoms with Crippen LogP contribution in [0.4, 0.5) is 5.69 Å². The van der Waals surface area contributed by atoms with Crippen LogP contribution in [0.15, 0.2) is 30.6 Å². The summed E-state index contributed by atoms with van der Waals surface area (Å²) >= 11 is 12.2. The Balaban J connectivity index is 1.82. The molecule has 1 aromatic heterocycles. The maximum absolute atomic E-state index is 12.7. The molecule has 2 N–H and O–H groups in total. The Bertz CT molecular complexity index is 884. The first-order valence-corrected chi connectivity index (χ1v) is 10.1. The van der Waals surface area contributed by atoms with E-state index in [4.69, 9.17) is 32.7 Å².